The van der Waals surface area contributed by atoms with Crippen LogP contribution in [-0.4, -0.2) is 46.2 Å². The highest BCUT2D eigenvalue weighted by molar-refractivity contribution is 5.72. The largest absolute Gasteiger partial charge is 0.480 e. The van der Waals surface area contributed by atoms with Gasteiger partial charge in [0.25, 0.3) is 0 Å². The van der Waals surface area contributed by atoms with Gasteiger partial charge in [0.05, 0.1) is 5.69 Å². The van der Waals surface area contributed by atoms with Gasteiger partial charge in [-0.1, -0.05) is 0 Å². The summed E-state index contributed by atoms with van der Waals surface area (Å²) in [6, 6.07) is -0.417. The number of carboxylic acids is 1. The Hall–Kier alpha value is -1.36. The van der Waals surface area contributed by atoms with Gasteiger partial charge in [0, 0.05) is 25.6 Å². The van der Waals surface area contributed by atoms with Crippen molar-refractivity contribution in [3.05, 3.63) is 17.7 Å². The van der Waals surface area contributed by atoms with Crippen molar-refractivity contribution < 1.29 is 9.90 Å². The van der Waals surface area contributed by atoms with Gasteiger partial charge in [0.2, 0.25) is 0 Å². The van der Waals surface area contributed by atoms with Gasteiger partial charge < -0.3 is 14.6 Å². The molecule has 5 heteroatoms. The molecule has 1 aromatic rings. The number of hydrogen-bond donors (Lipinski definition) is 1. The third kappa shape index (κ3) is 2.66. The monoisotopic (exact) mass is 237 g/mol. The fraction of sp³-hybridized carbons (Fsp3) is 0.667. The minimum atomic E-state index is -0.748. The number of rotatable bonds is 4. The first-order chi connectivity index (χ1) is 8.08. The summed E-state index contributed by atoms with van der Waals surface area (Å²) in [5.74, 6) is 0.180. The van der Waals surface area contributed by atoms with Crippen molar-refractivity contribution in [3.63, 3.8) is 0 Å². The summed E-state index contributed by atoms with van der Waals surface area (Å²) in [6.45, 7) is 0.939. The van der Waals surface area contributed by atoms with E-state index >= 15 is 0 Å². The molecule has 94 valence electrons. The first-order valence-corrected chi connectivity index (χ1v) is 6.02. The van der Waals surface area contributed by atoms with Gasteiger partial charge in [-0.3, -0.25) is 0 Å². The molecule has 5 nitrogen and oxygen atoms in total. The molecule has 0 aromatic carbocycles. The molecule has 1 aromatic heterocycles. The minimum absolute atomic E-state index is 0.417. The highest BCUT2D eigenvalue weighted by Gasteiger charge is 2.26. The number of nitrogens with zero attached hydrogens (tertiary/aromatic N) is 3. The number of aliphatic carboxylic acids is 1. The molecule has 1 N–H and O–H groups in total. The number of carbonyl (C=O) groups is 1. The van der Waals surface area contributed by atoms with Gasteiger partial charge in [-0.05, 0) is 26.9 Å². The summed E-state index contributed by atoms with van der Waals surface area (Å²) >= 11 is 0. The quantitative estimate of drug-likeness (QED) is 0.847. The molecule has 0 aliphatic carbocycles. The fourth-order valence-corrected chi connectivity index (χ4v) is 2.24. The highest BCUT2D eigenvalue weighted by atomic mass is 16.4. The van der Waals surface area contributed by atoms with Gasteiger partial charge in [0.15, 0.2) is 0 Å². The van der Waals surface area contributed by atoms with Gasteiger partial charge in [-0.2, -0.15) is 0 Å². The third-order valence-corrected chi connectivity index (χ3v) is 3.17. The van der Waals surface area contributed by atoms with E-state index in [9.17, 15) is 4.79 Å². The molecule has 1 aliphatic heterocycles. The molecule has 0 saturated heterocycles. The number of aryl methyl sites for hydroxylation is 1. The summed E-state index contributed by atoms with van der Waals surface area (Å²) in [7, 11) is 4.05. The second-order valence-electron chi connectivity index (χ2n) is 4.86. The lowest BCUT2D eigenvalue weighted by molar-refractivity contribution is -0.141. The van der Waals surface area contributed by atoms with Crippen LogP contribution >= 0.6 is 0 Å². The van der Waals surface area contributed by atoms with Crippen LogP contribution in [0.4, 0.5) is 0 Å². The number of hydrogen-bond acceptors (Lipinski definition) is 3. The van der Waals surface area contributed by atoms with E-state index in [1.807, 2.05) is 24.9 Å². The fourth-order valence-electron chi connectivity index (χ4n) is 2.24. The molecule has 0 bridgehead atoms. The Morgan fingerprint density at radius 3 is 3.06 bits per heavy atom. The molecule has 0 saturated carbocycles. The van der Waals surface area contributed by atoms with Crippen LogP contribution in [0.1, 0.15) is 30.4 Å². The van der Waals surface area contributed by atoms with Crippen LogP contribution in [0.25, 0.3) is 0 Å². The Bertz CT molecular complexity index is 412. The Morgan fingerprint density at radius 1 is 1.65 bits per heavy atom. The molecule has 0 spiro atoms. The van der Waals surface area contributed by atoms with Crippen LogP contribution in [0.3, 0.4) is 0 Å². The first-order valence-electron chi connectivity index (χ1n) is 6.02. The lowest BCUT2D eigenvalue weighted by atomic mass is 10.1. The van der Waals surface area contributed by atoms with Crippen LogP contribution in [-0.2, 0) is 17.6 Å². The third-order valence-electron chi connectivity index (χ3n) is 3.17. The van der Waals surface area contributed by atoms with Crippen molar-refractivity contribution >= 4 is 5.97 Å². The second kappa shape index (κ2) is 4.87. The zero-order chi connectivity index (χ0) is 12.4. The Kier molecular flexibility index (Phi) is 3.47. The maximum Gasteiger partial charge on any atom is 0.326 e. The van der Waals surface area contributed by atoms with Crippen molar-refractivity contribution in [3.8, 4) is 0 Å². The van der Waals surface area contributed by atoms with Crippen molar-refractivity contribution in [2.75, 3.05) is 20.6 Å². The average molecular weight is 237 g/mol. The molecule has 1 aliphatic rings. The number of likely N-dealkylation sites (N-methyl/N-ethyl adjacent to an activating group) is 1. The zero-order valence-corrected chi connectivity index (χ0v) is 10.4. The van der Waals surface area contributed by atoms with E-state index < -0.39 is 12.0 Å². The summed E-state index contributed by atoms with van der Waals surface area (Å²) in [6.07, 6.45) is 5.31. The molecular formula is C12H19N3O2. The van der Waals surface area contributed by atoms with Crippen LogP contribution < -0.4 is 0 Å². The Balaban J connectivity index is 2.16. The average Bonchev–Trinajstić information content (AvgIpc) is 2.68. The maximum absolute atomic E-state index is 11.1. The first kappa shape index (κ1) is 12.1. The topological polar surface area (TPSA) is 58.4 Å². The smallest absolute Gasteiger partial charge is 0.326 e. The number of carboxylic acid groups (broad SMARTS) is 1. The molecule has 0 radical (unpaired) electrons. The Morgan fingerprint density at radius 2 is 2.41 bits per heavy atom. The molecule has 1 atom stereocenters. The van der Waals surface area contributed by atoms with Crippen LogP contribution in [0, 0.1) is 0 Å². The van der Waals surface area contributed by atoms with Crippen molar-refractivity contribution in [1.82, 2.24) is 14.5 Å². The number of fused-ring (bicyclic) bond motifs is 1. The van der Waals surface area contributed by atoms with E-state index in [0.717, 1.165) is 37.3 Å². The lowest BCUT2D eigenvalue weighted by Gasteiger charge is -2.20. The SMILES string of the molecule is CN(C)CCc1cn2c(n1)CCCC2C(=O)O. The van der Waals surface area contributed by atoms with E-state index in [0.29, 0.717) is 6.42 Å². The van der Waals surface area contributed by atoms with E-state index in [1.165, 1.54) is 0 Å². The minimum Gasteiger partial charge on any atom is -0.480 e. The molecule has 0 amide bonds. The normalized spacial score (nSPS) is 19.4. The zero-order valence-electron chi connectivity index (χ0n) is 10.4. The second-order valence-corrected chi connectivity index (χ2v) is 4.86. The highest BCUT2D eigenvalue weighted by Crippen LogP contribution is 2.25. The summed E-state index contributed by atoms with van der Waals surface area (Å²) in [4.78, 5) is 17.8. The van der Waals surface area contributed by atoms with Crippen molar-refractivity contribution in [1.29, 1.82) is 0 Å². The molecular weight excluding hydrogens is 218 g/mol. The number of aromatic nitrogens is 2. The number of imidazole rings is 1. The maximum atomic E-state index is 11.1. The van der Waals surface area contributed by atoms with Crippen molar-refractivity contribution in [2.45, 2.75) is 31.7 Å². The summed E-state index contributed by atoms with van der Waals surface area (Å²) in [5.41, 5.74) is 1.00. The van der Waals surface area contributed by atoms with Crippen LogP contribution in [0.5, 0.6) is 0 Å². The predicted molar refractivity (Wildman–Crippen MR) is 64.1 cm³/mol. The van der Waals surface area contributed by atoms with E-state index in [2.05, 4.69) is 9.88 Å². The van der Waals surface area contributed by atoms with Crippen LogP contribution in [0.2, 0.25) is 0 Å². The van der Waals surface area contributed by atoms with Gasteiger partial charge in [-0.25, -0.2) is 9.78 Å². The summed E-state index contributed by atoms with van der Waals surface area (Å²) < 4.78 is 1.84. The molecule has 17 heavy (non-hydrogen) atoms. The molecule has 0 fully saturated rings. The lowest BCUT2D eigenvalue weighted by Crippen LogP contribution is -2.24. The molecule has 2 heterocycles. The van der Waals surface area contributed by atoms with Crippen LogP contribution in [0.15, 0.2) is 6.20 Å². The van der Waals surface area contributed by atoms with Gasteiger partial charge >= 0.3 is 5.97 Å². The predicted octanol–water partition coefficient (Wildman–Crippen LogP) is 0.949. The Labute approximate surface area is 101 Å². The standard InChI is InChI=1S/C12H19N3O2/c1-14(2)7-6-9-8-15-10(12(16)17)4-3-5-11(15)13-9/h8,10H,3-7H2,1-2H3,(H,16,17). The van der Waals surface area contributed by atoms with E-state index in [4.69, 9.17) is 5.11 Å². The van der Waals surface area contributed by atoms with E-state index in [1.54, 1.807) is 0 Å². The van der Waals surface area contributed by atoms with Crippen molar-refractivity contribution in [2.24, 2.45) is 0 Å². The molecule has 1 unspecified atom stereocenters. The summed E-state index contributed by atoms with van der Waals surface area (Å²) in [5, 5.41) is 9.16. The van der Waals surface area contributed by atoms with E-state index in [-0.39, 0.29) is 0 Å². The van der Waals surface area contributed by atoms with Gasteiger partial charge in [0.1, 0.15) is 11.9 Å². The van der Waals surface area contributed by atoms with Gasteiger partial charge in [-0.15, -0.1) is 0 Å². The molecule has 2 rings (SSSR count).